The van der Waals surface area contributed by atoms with Crippen LogP contribution in [0.2, 0.25) is 0 Å². The van der Waals surface area contributed by atoms with Crippen LogP contribution in [0.5, 0.6) is 0 Å². The van der Waals surface area contributed by atoms with E-state index in [2.05, 4.69) is 39.2 Å². The van der Waals surface area contributed by atoms with Gasteiger partial charge in [0.2, 0.25) is 0 Å². The number of aryl methyl sites for hydroxylation is 3. The molecule has 5 nitrogen and oxygen atoms in total. The lowest BCUT2D eigenvalue weighted by Gasteiger charge is -2.36. The van der Waals surface area contributed by atoms with Crippen molar-refractivity contribution in [3.63, 3.8) is 0 Å². The maximum absolute atomic E-state index is 13.6. The summed E-state index contributed by atoms with van der Waals surface area (Å²) >= 11 is 0. The Morgan fingerprint density at radius 1 is 1.22 bits per heavy atom. The van der Waals surface area contributed by atoms with Gasteiger partial charge in [-0.3, -0.25) is 9.48 Å². The van der Waals surface area contributed by atoms with Crippen LogP contribution in [0, 0.1) is 6.92 Å². The van der Waals surface area contributed by atoms with Crippen LogP contribution in [0.15, 0.2) is 36.5 Å². The first kappa shape index (κ1) is 16.5. The molecule has 0 saturated heterocycles. The summed E-state index contributed by atoms with van der Waals surface area (Å²) in [5.74, 6) is 0.108. The molecule has 0 N–H and O–H groups in total. The van der Waals surface area contributed by atoms with Crippen molar-refractivity contribution in [1.29, 1.82) is 0 Å². The largest absolute Gasteiger partial charge is 0.329 e. The lowest BCUT2D eigenvalue weighted by Crippen LogP contribution is -2.38. The summed E-state index contributed by atoms with van der Waals surface area (Å²) in [5.41, 5.74) is 5.13. The zero-order valence-corrected chi connectivity index (χ0v) is 15.9. The second-order valence-corrected chi connectivity index (χ2v) is 7.85. The molecule has 0 radical (unpaired) electrons. The standard InChI is InChI=1S/C22H24N4O/c1-14-19-12-16(13-23-21(19)25(2)24-14)22(27)26(17-10-11-17)20-9-5-7-15-6-3-4-8-18(15)20/h3-4,6,8,12-13,17,20H,5,7,9-11H2,1-2H3. The van der Waals surface area contributed by atoms with Crippen molar-refractivity contribution in [3.8, 4) is 0 Å². The highest BCUT2D eigenvalue weighted by molar-refractivity contribution is 5.98. The molecular weight excluding hydrogens is 336 g/mol. The quantitative estimate of drug-likeness (QED) is 0.710. The van der Waals surface area contributed by atoms with E-state index in [0.29, 0.717) is 11.6 Å². The van der Waals surface area contributed by atoms with Crippen molar-refractivity contribution < 1.29 is 4.79 Å². The maximum Gasteiger partial charge on any atom is 0.256 e. The first-order valence-electron chi connectivity index (χ1n) is 9.83. The third-order valence-electron chi connectivity index (χ3n) is 5.96. The Bertz CT molecular complexity index is 1030. The van der Waals surface area contributed by atoms with Gasteiger partial charge in [-0.2, -0.15) is 5.10 Å². The Balaban J connectivity index is 1.55. The smallest absolute Gasteiger partial charge is 0.256 e. The van der Waals surface area contributed by atoms with E-state index in [4.69, 9.17) is 0 Å². The summed E-state index contributed by atoms with van der Waals surface area (Å²) in [4.78, 5) is 20.2. The van der Waals surface area contributed by atoms with Crippen molar-refractivity contribution in [3.05, 3.63) is 58.9 Å². The molecule has 5 rings (SSSR count). The Labute approximate surface area is 159 Å². The molecule has 1 aromatic carbocycles. The molecule has 1 fully saturated rings. The molecule has 0 bridgehead atoms. The zero-order valence-electron chi connectivity index (χ0n) is 15.9. The summed E-state index contributed by atoms with van der Waals surface area (Å²) in [6.45, 7) is 1.97. The maximum atomic E-state index is 13.6. The first-order chi connectivity index (χ1) is 13.1. The number of benzene rings is 1. The van der Waals surface area contributed by atoms with Gasteiger partial charge in [0, 0.05) is 24.7 Å². The molecule has 138 valence electrons. The summed E-state index contributed by atoms with van der Waals surface area (Å²) in [6.07, 6.45) is 7.22. The van der Waals surface area contributed by atoms with E-state index in [1.165, 1.54) is 11.1 Å². The van der Waals surface area contributed by atoms with E-state index < -0.39 is 0 Å². The van der Waals surface area contributed by atoms with Crippen LogP contribution in [-0.4, -0.2) is 31.6 Å². The van der Waals surface area contributed by atoms with Gasteiger partial charge in [-0.15, -0.1) is 0 Å². The van der Waals surface area contributed by atoms with Gasteiger partial charge in [-0.1, -0.05) is 24.3 Å². The minimum Gasteiger partial charge on any atom is -0.329 e. The second kappa shape index (κ2) is 6.19. The van der Waals surface area contributed by atoms with E-state index in [-0.39, 0.29) is 11.9 Å². The molecule has 2 aromatic heterocycles. The first-order valence-corrected chi connectivity index (χ1v) is 9.83. The normalized spacial score (nSPS) is 19.1. The van der Waals surface area contributed by atoms with Gasteiger partial charge < -0.3 is 4.90 Å². The molecule has 2 aliphatic rings. The fourth-order valence-electron chi connectivity index (χ4n) is 4.51. The van der Waals surface area contributed by atoms with Crippen LogP contribution < -0.4 is 0 Å². The summed E-state index contributed by atoms with van der Waals surface area (Å²) < 4.78 is 1.77. The average Bonchev–Trinajstić information content (AvgIpc) is 3.48. The monoisotopic (exact) mass is 360 g/mol. The molecule has 5 heteroatoms. The van der Waals surface area contributed by atoms with Crippen LogP contribution in [0.1, 0.15) is 58.9 Å². The summed E-state index contributed by atoms with van der Waals surface area (Å²) in [7, 11) is 1.89. The van der Waals surface area contributed by atoms with Crippen molar-refractivity contribution >= 4 is 16.9 Å². The Hall–Kier alpha value is -2.69. The third kappa shape index (κ3) is 2.73. The van der Waals surface area contributed by atoms with Gasteiger partial charge in [-0.25, -0.2) is 4.98 Å². The minimum atomic E-state index is 0.108. The van der Waals surface area contributed by atoms with E-state index in [1.54, 1.807) is 10.9 Å². The average molecular weight is 360 g/mol. The topological polar surface area (TPSA) is 51.0 Å². The summed E-state index contributed by atoms with van der Waals surface area (Å²) in [6, 6.07) is 11.1. The van der Waals surface area contributed by atoms with Crippen LogP contribution in [-0.2, 0) is 13.5 Å². The van der Waals surface area contributed by atoms with Crippen molar-refractivity contribution in [2.24, 2.45) is 7.05 Å². The van der Waals surface area contributed by atoms with Crippen LogP contribution >= 0.6 is 0 Å². The zero-order chi connectivity index (χ0) is 18.5. The Morgan fingerprint density at radius 3 is 2.85 bits per heavy atom. The summed E-state index contributed by atoms with van der Waals surface area (Å²) in [5, 5.41) is 5.39. The van der Waals surface area contributed by atoms with Gasteiger partial charge in [-0.05, 0) is 56.2 Å². The van der Waals surface area contributed by atoms with E-state index in [1.807, 2.05) is 20.0 Å². The highest BCUT2D eigenvalue weighted by atomic mass is 16.2. The highest BCUT2D eigenvalue weighted by Crippen LogP contribution is 2.41. The lowest BCUT2D eigenvalue weighted by molar-refractivity contribution is 0.0637. The molecule has 1 amide bonds. The SMILES string of the molecule is Cc1nn(C)c2ncc(C(=O)N(C3CC3)C3CCCc4ccccc43)cc12. The third-order valence-corrected chi connectivity index (χ3v) is 5.96. The molecule has 1 unspecified atom stereocenters. The van der Waals surface area contributed by atoms with Crippen molar-refractivity contribution in [2.45, 2.75) is 51.1 Å². The Kier molecular flexibility index (Phi) is 3.78. The number of rotatable bonds is 3. The Morgan fingerprint density at radius 2 is 2.04 bits per heavy atom. The number of aromatic nitrogens is 3. The van der Waals surface area contributed by atoms with Crippen molar-refractivity contribution in [2.75, 3.05) is 0 Å². The number of carbonyl (C=O) groups is 1. The number of fused-ring (bicyclic) bond motifs is 2. The fraction of sp³-hybridized carbons (Fsp3) is 0.409. The molecule has 2 heterocycles. The molecule has 3 aromatic rings. The van der Waals surface area contributed by atoms with Gasteiger partial charge >= 0.3 is 0 Å². The van der Waals surface area contributed by atoms with E-state index in [9.17, 15) is 4.79 Å². The number of pyridine rings is 1. The molecule has 0 spiro atoms. The predicted molar refractivity (Wildman–Crippen MR) is 105 cm³/mol. The van der Waals surface area contributed by atoms with Gasteiger partial charge in [0.1, 0.15) is 0 Å². The van der Waals surface area contributed by atoms with Gasteiger partial charge in [0.15, 0.2) is 5.65 Å². The van der Waals surface area contributed by atoms with Crippen molar-refractivity contribution in [1.82, 2.24) is 19.7 Å². The van der Waals surface area contributed by atoms with Crippen LogP contribution in [0.3, 0.4) is 0 Å². The number of hydrogen-bond donors (Lipinski definition) is 0. The highest BCUT2D eigenvalue weighted by Gasteiger charge is 2.40. The molecular formula is C22H24N4O. The van der Waals surface area contributed by atoms with Crippen LogP contribution in [0.25, 0.3) is 11.0 Å². The van der Waals surface area contributed by atoms with Gasteiger partial charge in [0.25, 0.3) is 5.91 Å². The lowest BCUT2D eigenvalue weighted by atomic mass is 9.86. The van der Waals surface area contributed by atoms with Gasteiger partial charge in [0.05, 0.1) is 17.3 Å². The molecule has 1 atom stereocenters. The number of nitrogens with zero attached hydrogens (tertiary/aromatic N) is 4. The van der Waals surface area contributed by atoms with E-state index >= 15 is 0 Å². The molecule has 27 heavy (non-hydrogen) atoms. The van der Waals surface area contributed by atoms with Crippen LogP contribution in [0.4, 0.5) is 0 Å². The second-order valence-electron chi connectivity index (χ2n) is 7.85. The minimum absolute atomic E-state index is 0.108. The fourth-order valence-corrected chi connectivity index (χ4v) is 4.51. The van der Waals surface area contributed by atoms with E-state index in [0.717, 1.165) is 48.8 Å². The molecule has 1 saturated carbocycles. The number of hydrogen-bond acceptors (Lipinski definition) is 3. The number of amides is 1. The molecule has 0 aliphatic heterocycles. The molecule has 2 aliphatic carbocycles. The predicted octanol–water partition coefficient (Wildman–Crippen LogP) is 3.96. The number of carbonyl (C=O) groups excluding carboxylic acids is 1.